The number of likely N-dealkylation sites (N-methyl/N-ethyl adjacent to an activating group) is 1. The van der Waals surface area contributed by atoms with Crippen LogP contribution in [0.5, 0.6) is 0 Å². The molecule has 1 aliphatic heterocycles. The first kappa shape index (κ1) is 16.5. The Morgan fingerprint density at radius 2 is 1.62 bits per heavy atom. The summed E-state index contributed by atoms with van der Waals surface area (Å²) in [7, 11) is 2.16. The molecule has 4 nitrogen and oxygen atoms in total. The Labute approximate surface area is 143 Å². The molecule has 0 aromatic heterocycles. The lowest BCUT2D eigenvalue weighted by Crippen LogP contribution is -2.55. The van der Waals surface area contributed by atoms with Crippen LogP contribution in [0.15, 0.2) is 48.5 Å². The number of hydrogen-bond acceptors (Lipinski definition) is 3. The molecule has 24 heavy (non-hydrogen) atoms. The first-order valence-electron chi connectivity index (χ1n) is 8.44. The first-order valence-corrected chi connectivity index (χ1v) is 8.44. The van der Waals surface area contributed by atoms with Gasteiger partial charge in [-0.05, 0) is 32.5 Å². The fraction of sp³-hybridized carbons (Fsp3) is 0.350. The van der Waals surface area contributed by atoms with Crippen molar-refractivity contribution in [1.82, 2.24) is 4.90 Å². The molecule has 4 heteroatoms. The monoisotopic (exact) mass is 323 g/mol. The normalized spacial score (nSPS) is 21.7. The highest BCUT2D eigenvalue weighted by Crippen LogP contribution is 2.35. The van der Waals surface area contributed by atoms with Crippen molar-refractivity contribution in [2.24, 2.45) is 5.73 Å². The molecule has 2 unspecified atom stereocenters. The number of nitrogens with two attached hydrogens (primary N) is 1. The average molecular weight is 323 g/mol. The van der Waals surface area contributed by atoms with Gasteiger partial charge in [0.25, 0.3) is 5.91 Å². The molecule has 0 aliphatic carbocycles. The quantitative estimate of drug-likeness (QED) is 0.945. The minimum Gasteiger partial charge on any atom is -0.367 e. The van der Waals surface area contributed by atoms with E-state index in [1.807, 2.05) is 30.3 Å². The van der Waals surface area contributed by atoms with E-state index in [9.17, 15) is 4.79 Å². The van der Waals surface area contributed by atoms with Crippen molar-refractivity contribution >= 4 is 11.6 Å². The predicted octanol–water partition coefficient (Wildman–Crippen LogP) is 2.98. The van der Waals surface area contributed by atoms with Crippen LogP contribution in [-0.4, -0.2) is 43.0 Å². The summed E-state index contributed by atoms with van der Waals surface area (Å²) in [6, 6.07) is 16.8. The smallest absolute Gasteiger partial charge is 0.250 e. The fourth-order valence-corrected chi connectivity index (χ4v) is 3.52. The molecule has 1 amide bonds. The third kappa shape index (κ3) is 3.02. The lowest BCUT2D eigenvalue weighted by molar-refractivity contribution is 0.1000. The number of hydrogen-bond donors (Lipinski definition) is 1. The van der Waals surface area contributed by atoms with Crippen LogP contribution in [0.3, 0.4) is 0 Å². The van der Waals surface area contributed by atoms with Gasteiger partial charge in [-0.2, -0.15) is 0 Å². The summed E-state index contributed by atoms with van der Waals surface area (Å²) in [5.41, 5.74) is 9.42. The van der Waals surface area contributed by atoms with Gasteiger partial charge in [0, 0.05) is 30.7 Å². The highest BCUT2D eigenvalue weighted by Gasteiger charge is 2.30. The summed E-state index contributed by atoms with van der Waals surface area (Å²) in [5, 5.41) is 0. The van der Waals surface area contributed by atoms with Gasteiger partial charge in [-0.3, -0.25) is 9.69 Å². The third-order valence-electron chi connectivity index (χ3n) is 5.06. The molecule has 126 valence electrons. The minimum atomic E-state index is -0.373. The largest absolute Gasteiger partial charge is 0.367 e. The summed E-state index contributed by atoms with van der Waals surface area (Å²) in [6.07, 6.45) is 0. The first-order chi connectivity index (χ1) is 11.5. The molecule has 0 spiro atoms. The van der Waals surface area contributed by atoms with Crippen molar-refractivity contribution in [3.05, 3.63) is 54.1 Å². The van der Waals surface area contributed by atoms with E-state index in [-0.39, 0.29) is 5.91 Å². The maximum Gasteiger partial charge on any atom is 0.250 e. The molecule has 0 bridgehead atoms. The van der Waals surface area contributed by atoms with Crippen LogP contribution in [0.4, 0.5) is 5.69 Å². The maximum atomic E-state index is 12.1. The highest BCUT2D eigenvalue weighted by atomic mass is 16.1. The van der Waals surface area contributed by atoms with Crippen LogP contribution in [-0.2, 0) is 0 Å². The van der Waals surface area contributed by atoms with Gasteiger partial charge in [-0.25, -0.2) is 0 Å². The van der Waals surface area contributed by atoms with Crippen molar-refractivity contribution in [3.63, 3.8) is 0 Å². The number of rotatable bonds is 3. The molecular formula is C20H25N3O. The predicted molar refractivity (Wildman–Crippen MR) is 99.3 cm³/mol. The van der Waals surface area contributed by atoms with Gasteiger partial charge in [0.2, 0.25) is 0 Å². The van der Waals surface area contributed by atoms with E-state index in [2.05, 4.69) is 48.9 Å². The minimum absolute atomic E-state index is 0.373. The molecule has 3 rings (SSSR count). The lowest BCUT2D eigenvalue weighted by atomic mass is 9.97. The molecular weight excluding hydrogens is 298 g/mol. The van der Waals surface area contributed by atoms with Crippen LogP contribution in [0.25, 0.3) is 11.1 Å². The number of primary amides is 1. The summed E-state index contributed by atoms with van der Waals surface area (Å²) in [4.78, 5) is 16.8. The summed E-state index contributed by atoms with van der Waals surface area (Å²) in [6.45, 7) is 6.20. The molecule has 2 aromatic carbocycles. The molecule has 1 fully saturated rings. The fourth-order valence-electron chi connectivity index (χ4n) is 3.52. The SMILES string of the molecule is CC1CN(c2c(C(N)=O)cccc2-c2ccccc2)CC(C)N1C. The number of carbonyl (C=O) groups excluding carboxylic acids is 1. The van der Waals surface area contributed by atoms with Crippen molar-refractivity contribution < 1.29 is 4.79 Å². The van der Waals surface area contributed by atoms with Gasteiger partial charge >= 0.3 is 0 Å². The van der Waals surface area contributed by atoms with Gasteiger partial charge in [-0.15, -0.1) is 0 Å². The number of nitrogens with zero attached hydrogens (tertiary/aromatic N) is 2. The van der Waals surface area contributed by atoms with E-state index >= 15 is 0 Å². The molecule has 1 saturated heterocycles. The molecule has 1 heterocycles. The van der Waals surface area contributed by atoms with Crippen molar-refractivity contribution in [1.29, 1.82) is 0 Å². The van der Waals surface area contributed by atoms with Crippen LogP contribution in [0.1, 0.15) is 24.2 Å². The molecule has 2 aromatic rings. The Hall–Kier alpha value is -2.33. The van der Waals surface area contributed by atoms with Crippen LogP contribution in [0.2, 0.25) is 0 Å². The number of para-hydroxylation sites is 1. The van der Waals surface area contributed by atoms with Crippen LogP contribution < -0.4 is 10.6 Å². The molecule has 0 radical (unpaired) electrons. The van der Waals surface area contributed by atoms with Gasteiger partial charge in [0.1, 0.15) is 0 Å². The number of carbonyl (C=O) groups is 1. The average Bonchev–Trinajstić information content (AvgIpc) is 2.59. The Balaban J connectivity index is 2.13. The summed E-state index contributed by atoms with van der Waals surface area (Å²) >= 11 is 0. The Morgan fingerprint density at radius 3 is 2.21 bits per heavy atom. The highest BCUT2D eigenvalue weighted by molar-refractivity contribution is 6.02. The number of amides is 1. The molecule has 1 aliphatic rings. The number of piperazine rings is 1. The van der Waals surface area contributed by atoms with Crippen molar-refractivity contribution in [2.45, 2.75) is 25.9 Å². The van der Waals surface area contributed by atoms with E-state index in [1.165, 1.54) is 0 Å². The van der Waals surface area contributed by atoms with Gasteiger partial charge < -0.3 is 10.6 Å². The van der Waals surface area contributed by atoms with Crippen molar-refractivity contribution in [2.75, 3.05) is 25.0 Å². The number of benzene rings is 2. The molecule has 0 saturated carbocycles. The number of anilines is 1. The van der Waals surface area contributed by atoms with Gasteiger partial charge in [-0.1, -0.05) is 42.5 Å². The second-order valence-corrected chi connectivity index (χ2v) is 6.70. The van der Waals surface area contributed by atoms with E-state index < -0.39 is 0 Å². The zero-order chi connectivity index (χ0) is 17.3. The summed E-state index contributed by atoms with van der Waals surface area (Å²) in [5.74, 6) is -0.373. The Morgan fingerprint density at radius 1 is 1.00 bits per heavy atom. The van der Waals surface area contributed by atoms with E-state index in [1.54, 1.807) is 0 Å². The zero-order valence-corrected chi connectivity index (χ0v) is 14.6. The molecule has 2 atom stereocenters. The second-order valence-electron chi connectivity index (χ2n) is 6.70. The zero-order valence-electron chi connectivity index (χ0n) is 14.6. The second kappa shape index (κ2) is 6.65. The molecule has 2 N–H and O–H groups in total. The van der Waals surface area contributed by atoms with E-state index in [0.717, 1.165) is 29.9 Å². The third-order valence-corrected chi connectivity index (χ3v) is 5.06. The maximum absolute atomic E-state index is 12.1. The summed E-state index contributed by atoms with van der Waals surface area (Å²) < 4.78 is 0. The van der Waals surface area contributed by atoms with Crippen molar-refractivity contribution in [3.8, 4) is 11.1 Å². The topological polar surface area (TPSA) is 49.6 Å². The standard InChI is InChI=1S/C20H25N3O/c1-14-12-23(13-15(2)22(14)3)19-17(16-8-5-4-6-9-16)10-7-11-18(19)20(21)24/h4-11,14-15H,12-13H2,1-3H3,(H2,21,24). The van der Waals surface area contributed by atoms with Crippen LogP contribution in [0, 0.1) is 0 Å². The van der Waals surface area contributed by atoms with Gasteiger partial charge in [0.05, 0.1) is 11.3 Å². The van der Waals surface area contributed by atoms with Gasteiger partial charge in [0.15, 0.2) is 0 Å². The van der Waals surface area contributed by atoms with E-state index in [0.29, 0.717) is 17.6 Å². The lowest BCUT2D eigenvalue weighted by Gasteiger charge is -2.44. The Kier molecular flexibility index (Phi) is 4.58. The van der Waals surface area contributed by atoms with Crippen LogP contribution >= 0.6 is 0 Å². The van der Waals surface area contributed by atoms with E-state index in [4.69, 9.17) is 5.73 Å². The Bertz CT molecular complexity index is 717.